The highest BCUT2D eigenvalue weighted by Gasteiger charge is 2.08. The molecule has 0 unspecified atom stereocenters. The summed E-state index contributed by atoms with van der Waals surface area (Å²) in [7, 11) is 1.67. The first-order chi connectivity index (χ1) is 10.6. The maximum atomic E-state index is 12.0. The summed E-state index contributed by atoms with van der Waals surface area (Å²) in [4.78, 5) is 15.9. The van der Waals surface area contributed by atoms with Gasteiger partial charge >= 0.3 is 0 Å². The van der Waals surface area contributed by atoms with Gasteiger partial charge in [0, 0.05) is 18.9 Å². The van der Waals surface area contributed by atoms with E-state index in [0.29, 0.717) is 18.0 Å². The SMILES string of the molecule is COc1ccc(C(C)C)cc1CCNC(=O)c1cccnc1. The number of methoxy groups -OCH3 is 1. The van der Waals surface area contributed by atoms with E-state index in [9.17, 15) is 4.79 Å². The molecule has 0 saturated carbocycles. The number of hydrogen-bond acceptors (Lipinski definition) is 3. The van der Waals surface area contributed by atoms with Crippen molar-refractivity contribution in [2.45, 2.75) is 26.2 Å². The zero-order chi connectivity index (χ0) is 15.9. The molecule has 0 spiro atoms. The first-order valence-electron chi connectivity index (χ1n) is 7.47. The molecule has 4 heteroatoms. The van der Waals surface area contributed by atoms with Crippen LogP contribution in [-0.4, -0.2) is 24.5 Å². The lowest BCUT2D eigenvalue weighted by molar-refractivity contribution is 0.0953. The minimum absolute atomic E-state index is 0.105. The van der Waals surface area contributed by atoms with Gasteiger partial charge in [-0.05, 0) is 41.7 Å². The van der Waals surface area contributed by atoms with Crippen LogP contribution in [0.4, 0.5) is 0 Å². The van der Waals surface area contributed by atoms with E-state index in [1.54, 1.807) is 31.6 Å². The third-order valence-corrected chi connectivity index (χ3v) is 3.57. The highest BCUT2D eigenvalue weighted by Crippen LogP contribution is 2.24. The predicted molar refractivity (Wildman–Crippen MR) is 87.4 cm³/mol. The fourth-order valence-corrected chi connectivity index (χ4v) is 2.26. The van der Waals surface area contributed by atoms with Crippen LogP contribution in [0.15, 0.2) is 42.7 Å². The smallest absolute Gasteiger partial charge is 0.252 e. The molecule has 1 N–H and O–H groups in total. The van der Waals surface area contributed by atoms with Gasteiger partial charge in [0.05, 0.1) is 12.7 Å². The molecule has 0 radical (unpaired) electrons. The lowest BCUT2D eigenvalue weighted by Gasteiger charge is -2.13. The lowest BCUT2D eigenvalue weighted by Crippen LogP contribution is -2.25. The van der Waals surface area contributed by atoms with Gasteiger partial charge in [-0.1, -0.05) is 26.0 Å². The molecular weight excluding hydrogens is 276 g/mol. The van der Waals surface area contributed by atoms with Crippen molar-refractivity contribution in [1.29, 1.82) is 0 Å². The molecule has 22 heavy (non-hydrogen) atoms. The average molecular weight is 298 g/mol. The molecule has 1 aromatic heterocycles. The highest BCUT2D eigenvalue weighted by atomic mass is 16.5. The van der Waals surface area contributed by atoms with Crippen LogP contribution in [0, 0.1) is 0 Å². The first kappa shape index (κ1) is 16.0. The Labute approximate surface area is 131 Å². The van der Waals surface area contributed by atoms with E-state index >= 15 is 0 Å². The number of aromatic nitrogens is 1. The van der Waals surface area contributed by atoms with Crippen molar-refractivity contribution in [1.82, 2.24) is 10.3 Å². The van der Waals surface area contributed by atoms with E-state index in [2.05, 4.69) is 36.3 Å². The number of hydrogen-bond donors (Lipinski definition) is 1. The number of carbonyl (C=O) groups excluding carboxylic acids is 1. The van der Waals surface area contributed by atoms with Gasteiger partial charge in [-0.15, -0.1) is 0 Å². The van der Waals surface area contributed by atoms with Crippen molar-refractivity contribution in [2.24, 2.45) is 0 Å². The quantitative estimate of drug-likeness (QED) is 0.891. The Balaban J connectivity index is 1.99. The Hall–Kier alpha value is -2.36. The molecule has 1 heterocycles. The van der Waals surface area contributed by atoms with Crippen LogP contribution in [-0.2, 0) is 6.42 Å². The second kappa shape index (κ2) is 7.59. The van der Waals surface area contributed by atoms with Gasteiger partial charge in [0.15, 0.2) is 0 Å². The van der Waals surface area contributed by atoms with E-state index in [4.69, 9.17) is 4.74 Å². The molecular formula is C18H22N2O2. The van der Waals surface area contributed by atoms with Crippen LogP contribution in [0.25, 0.3) is 0 Å². The molecule has 0 aliphatic rings. The van der Waals surface area contributed by atoms with Crippen molar-refractivity contribution in [3.05, 3.63) is 59.4 Å². The first-order valence-corrected chi connectivity index (χ1v) is 7.47. The summed E-state index contributed by atoms with van der Waals surface area (Å²) in [5.41, 5.74) is 2.96. The van der Waals surface area contributed by atoms with Crippen LogP contribution in [0.1, 0.15) is 41.3 Å². The van der Waals surface area contributed by atoms with Gasteiger partial charge in [0.2, 0.25) is 0 Å². The highest BCUT2D eigenvalue weighted by molar-refractivity contribution is 5.93. The van der Waals surface area contributed by atoms with Crippen LogP contribution in [0.3, 0.4) is 0 Å². The number of nitrogens with zero attached hydrogens (tertiary/aromatic N) is 1. The Morgan fingerprint density at radius 3 is 2.77 bits per heavy atom. The van der Waals surface area contributed by atoms with E-state index in [1.807, 2.05) is 6.07 Å². The molecule has 4 nitrogen and oxygen atoms in total. The summed E-state index contributed by atoms with van der Waals surface area (Å²) >= 11 is 0. The molecule has 116 valence electrons. The maximum absolute atomic E-state index is 12.0. The number of carbonyl (C=O) groups is 1. The van der Waals surface area contributed by atoms with Crippen LogP contribution in [0.5, 0.6) is 5.75 Å². The number of rotatable bonds is 6. The fraction of sp³-hybridized carbons (Fsp3) is 0.333. The van der Waals surface area contributed by atoms with Gasteiger partial charge in [-0.2, -0.15) is 0 Å². The average Bonchev–Trinajstić information content (AvgIpc) is 2.55. The molecule has 0 atom stereocenters. The molecule has 2 rings (SSSR count). The normalized spacial score (nSPS) is 10.5. The number of benzene rings is 1. The summed E-state index contributed by atoms with van der Waals surface area (Å²) in [5, 5.41) is 2.91. The van der Waals surface area contributed by atoms with Gasteiger partial charge in [-0.3, -0.25) is 9.78 Å². The number of ether oxygens (including phenoxy) is 1. The second-order valence-corrected chi connectivity index (χ2v) is 5.47. The fourth-order valence-electron chi connectivity index (χ4n) is 2.26. The third-order valence-electron chi connectivity index (χ3n) is 3.57. The topological polar surface area (TPSA) is 51.2 Å². The molecule has 1 aromatic carbocycles. The van der Waals surface area contributed by atoms with Crippen LogP contribution in [0.2, 0.25) is 0 Å². The van der Waals surface area contributed by atoms with Gasteiger partial charge in [0.25, 0.3) is 5.91 Å². The van der Waals surface area contributed by atoms with E-state index in [1.165, 1.54) is 5.56 Å². The van der Waals surface area contributed by atoms with E-state index < -0.39 is 0 Å². The molecule has 0 fully saturated rings. The molecule has 0 aliphatic carbocycles. The van der Waals surface area contributed by atoms with Crippen molar-refractivity contribution in [2.75, 3.05) is 13.7 Å². The second-order valence-electron chi connectivity index (χ2n) is 5.47. The third kappa shape index (κ3) is 4.07. The van der Waals surface area contributed by atoms with Crippen molar-refractivity contribution in [3.63, 3.8) is 0 Å². The van der Waals surface area contributed by atoms with Gasteiger partial charge in [-0.25, -0.2) is 0 Å². The minimum atomic E-state index is -0.105. The van der Waals surface area contributed by atoms with Crippen molar-refractivity contribution >= 4 is 5.91 Å². The van der Waals surface area contributed by atoms with Crippen LogP contribution < -0.4 is 10.1 Å². The Morgan fingerprint density at radius 2 is 2.14 bits per heavy atom. The Bertz CT molecular complexity index is 624. The molecule has 0 saturated heterocycles. The molecule has 0 aliphatic heterocycles. The number of amides is 1. The maximum Gasteiger partial charge on any atom is 0.252 e. The zero-order valence-electron chi connectivity index (χ0n) is 13.3. The predicted octanol–water partition coefficient (Wildman–Crippen LogP) is 3.19. The van der Waals surface area contributed by atoms with Gasteiger partial charge < -0.3 is 10.1 Å². The monoisotopic (exact) mass is 298 g/mol. The van der Waals surface area contributed by atoms with Crippen molar-refractivity contribution in [3.8, 4) is 5.75 Å². The Kier molecular flexibility index (Phi) is 5.53. The van der Waals surface area contributed by atoms with E-state index in [-0.39, 0.29) is 5.91 Å². The number of nitrogens with one attached hydrogen (secondary N) is 1. The summed E-state index contributed by atoms with van der Waals surface area (Å²) in [6, 6.07) is 9.74. The standard InChI is InChI=1S/C18H22N2O2/c1-13(2)14-6-7-17(22-3)15(11-14)8-10-20-18(21)16-5-4-9-19-12-16/h4-7,9,11-13H,8,10H2,1-3H3,(H,20,21). The zero-order valence-corrected chi connectivity index (χ0v) is 13.3. The largest absolute Gasteiger partial charge is 0.496 e. The lowest BCUT2D eigenvalue weighted by atomic mass is 9.99. The van der Waals surface area contributed by atoms with Gasteiger partial charge in [0.1, 0.15) is 5.75 Å². The van der Waals surface area contributed by atoms with E-state index in [0.717, 1.165) is 17.7 Å². The molecule has 2 aromatic rings. The minimum Gasteiger partial charge on any atom is -0.496 e. The molecule has 0 bridgehead atoms. The Morgan fingerprint density at radius 1 is 1.32 bits per heavy atom. The molecule has 1 amide bonds. The van der Waals surface area contributed by atoms with Crippen LogP contribution >= 0.6 is 0 Å². The summed E-state index contributed by atoms with van der Waals surface area (Å²) in [6.07, 6.45) is 3.95. The summed E-state index contributed by atoms with van der Waals surface area (Å²) in [5.74, 6) is 1.22. The summed E-state index contributed by atoms with van der Waals surface area (Å²) in [6.45, 7) is 4.89. The summed E-state index contributed by atoms with van der Waals surface area (Å²) < 4.78 is 5.40. The number of pyridine rings is 1. The van der Waals surface area contributed by atoms with Crippen molar-refractivity contribution < 1.29 is 9.53 Å².